The number of amides is 1. The van der Waals surface area contributed by atoms with Gasteiger partial charge in [0, 0.05) is 31.0 Å². The SMILES string of the molecule is CC(N)CCNC(=O)c1cc(F)cc2nccnc12. The Morgan fingerprint density at radius 3 is 2.89 bits per heavy atom. The van der Waals surface area contributed by atoms with Crippen molar-refractivity contribution in [3.05, 3.63) is 35.9 Å². The molecule has 1 aromatic carbocycles. The molecular weight excluding hydrogens is 247 g/mol. The van der Waals surface area contributed by atoms with Gasteiger partial charge in [0.05, 0.1) is 11.1 Å². The minimum Gasteiger partial charge on any atom is -0.352 e. The van der Waals surface area contributed by atoms with Gasteiger partial charge in [0.1, 0.15) is 11.3 Å². The number of nitrogens with zero attached hydrogens (tertiary/aromatic N) is 2. The van der Waals surface area contributed by atoms with E-state index in [4.69, 9.17) is 5.73 Å². The first kappa shape index (κ1) is 13.4. The number of carbonyl (C=O) groups is 1. The third-order valence-corrected chi connectivity index (χ3v) is 2.67. The Bertz CT molecular complexity index is 600. The van der Waals surface area contributed by atoms with Crippen molar-refractivity contribution in [2.45, 2.75) is 19.4 Å². The molecule has 0 aliphatic rings. The topological polar surface area (TPSA) is 80.9 Å². The van der Waals surface area contributed by atoms with Gasteiger partial charge in [-0.25, -0.2) is 4.39 Å². The van der Waals surface area contributed by atoms with Gasteiger partial charge in [-0.3, -0.25) is 14.8 Å². The molecule has 1 aromatic heterocycles. The predicted octanol–water partition coefficient (Wildman–Crippen LogP) is 1.24. The molecule has 1 amide bonds. The number of hydrogen-bond acceptors (Lipinski definition) is 4. The lowest BCUT2D eigenvalue weighted by molar-refractivity contribution is 0.0954. The van der Waals surface area contributed by atoms with E-state index in [1.165, 1.54) is 18.5 Å². The lowest BCUT2D eigenvalue weighted by Crippen LogP contribution is -2.29. The molecule has 0 spiro atoms. The molecular formula is C13H15FN4O. The summed E-state index contributed by atoms with van der Waals surface area (Å²) < 4.78 is 13.4. The smallest absolute Gasteiger partial charge is 0.253 e. The van der Waals surface area contributed by atoms with Crippen LogP contribution in [0.2, 0.25) is 0 Å². The Labute approximate surface area is 110 Å². The van der Waals surface area contributed by atoms with Crippen LogP contribution in [0.3, 0.4) is 0 Å². The highest BCUT2D eigenvalue weighted by atomic mass is 19.1. The zero-order valence-electron chi connectivity index (χ0n) is 10.6. The molecule has 0 aliphatic carbocycles. The fourth-order valence-electron chi connectivity index (χ4n) is 1.72. The van der Waals surface area contributed by atoms with E-state index in [9.17, 15) is 9.18 Å². The van der Waals surface area contributed by atoms with Crippen molar-refractivity contribution < 1.29 is 9.18 Å². The first-order chi connectivity index (χ1) is 9.08. The third kappa shape index (κ3) is 3.23. The van der Waals surface area contributed by atoms with Gasteiger partial charge in [0.2, 0.25) is 0 Å². The minimum absolute atomic E-state index is 0.00402. The van der Waals surface area contributed by atoms with Crippen molar-refractivity contribution in [2.24, 2.45) is 5.73 Å². The number of fused-ring (bicyclic) bond motifs is 1. The number of hydrogen-bond donors (Lipinski definition) is 2. The van der Waals surface area contributed by atoms with E-state index in [0.717, 1.165) is 6.07 Å². The molecule has 2 aromatic rings. The number of aromatic nitrogens is 2. The number of halogens is 1. The first-order valence-electron chi connectivity index (χ1n) is 6.02. The van der Waals surface area contributed by atoms with Crippen LogP contribution in [0, 0.1) is 5.82 Å². The maximum absolute atomic E-state index is 13.4. The minimum atomic E-state index is -0.509. The second-order valence-electron chi connectivity index (χ2n) is 4.40. The number of rotatable bonds is 4. The Kier molecular flexibility index (Phi) is 4.01. The van der Waals surface area contributed by atoms with Crippen LogP contribution in [0.1, 0.15) is 23.7 Å². The number of carbonyl (C=O) groups excluding carboxylic acids is 1. The standard InChI is InChI=1S/C13H15FN4O/c1-8(15)2-3-18-13(19)10-6-9(14)7-11-12(10)17-5-4-16-11/h4-8H,2-3,15H2,1H3,(H,18,19). The van der Waals surface area contributed by atoms with Crippen LogP contribution >= 0.6 is 0 Å². The van der Waals surface area contributed by atoms with Crippen LogP contribution < -0.4 is 11.1 Å². The third-order valence-electron chi connectivity index (χ3n) is 2.67. The van der Waals surface area contributed by atoms with Gasteiger partial charge in [0.15, 0.2) is 0 Å². The maximum Gasteiger partial charge on any atom is 0.253 e. The Balaban J connectivity index is 2.26. The fraction of sp³-hybridized carbons (Fsp3) is 0.308. The predicted molar refractivity (Wildman–Crippen MR) is 70.1 cm³/mol. The van der Waals surface area contributed by atoms with E-state index in [-0.39, 0.29) is 17.5 Å². The summed E-state index contributed by atoms with van der Waals surface area (Å²) in [6, 6.07) is 2.42. The average Bonchev–Trinajstić information content (AvgIpc) is 2.37. The lowest BCUT2D eigenvalue weighted by atomic mass is 10.1. The zero-order valence-corrected chi connectivity index (χ0v) is 10.6. The van der Waals surface area contributed by atoms with Crippen molar-refractivity contribution in [3.8, 4) is 0 Å². The summed E-state index contributed by atoms with van der Waals surface area (Å²) in [5.74, 6) is -0.879. The van der Waals surface area contributed by atoms with E-state index in [1.807, 2.05) is 6.92 Å². The molecule has 1 atom stereocenters. The summed E-state index contributed by atoms with van der Waals surface area (Å²) in [5.41, 5.74) is 6.54. The van der Waals surface area contributed by atoms with E-state index < -0.39 is 5.82 Å². The van der Waals surface area contributed by atoms with Crippen LogP contribution in [0.25, 0.3) is 11.0 Å². The van der Waals surface area contributed by atoms with Gasteiger partial charge >= 0.3 is 0 Å². The molecule has 0 radical (unpaired) electrons. The molecule has 3 N–H and O–H groups in total. The quantitative estimate of drug-likeness (QED) is 0.868. The normalized spacial score (nSPS) is 12.4. The fourth-order valence-corrected chi connectivity index (χ4v) is 1.72. The number of benzene rings is 1. The maximum atomic E-state index is 13.4. The molecule has 0 fully saturated rings. The monoisotopic (exact) mass is 262 g/mol. The van der Waals surface area contributed by atoms with Gasteiger partial charge in [-0.05, 0) is 19.4 Å². The van der Waals surface area contributed by atoms with Gasteiger partial charge in [0.25, 0.3) is 5.91 Å². The van der Waals surface area contributed by atoms with Crippen molar-refractivity contribution in [1.29, 1.82) is 0 Å². The van der Waals surface area contributed by atoms with E-state index >= 15 is 0 Å². The average molecular weight is 262 g/mol. The van der Waals surface area contributed by atoms with Crippen molar-refractivity contribution in [2.75, 3.05) is 6.54 Å². The van der Waals surface area contributed by atoms with Crippen molar-refractivity contribution in [1.82, 2.24) is 15.3 Å². The Hall–Kier alpha value is -2.08. The van der Waals surface area contributed by atoms with Crippen LogP contribution in [0.5, 0.6) is 0 Å². The van der Waals surface area contributed by atoms with Gasteiger partial charge in [-0.15, -0.1) is 0 Å². The van der Waals surface area contributed by atoms with Crippen molar-refractivity contribution in [3.63, 3.8) is 0 Å². The Morgan fingerprint density at radius 1 is 1.42 bits per heavy atom. The molecule has 1 unspecified atom stereocenters. The molecule has 5 nitrogen and oxygen atoms in total. The summed E-state index contributed by atoms with van der Waals surface area (Å²) in [5, 5.41) is 2.70. The molecule has 0 bridgehead atoms. The summed E-state index contributed by atoms with van der Waals surface area (Å²) in [6.45, 7) is 2.30. The highest BCUT2D eigenvalue weighted by Gasteiger charge is 2.13. The van der Waals surface area contributed by atoms with Crippen LogP contribution in [0.15, 0.2) is 24.5 Å². The summed E-state index contributed by atoms with van der Waals surface area (Å²) in [4.78, 5) is 20.1. The van der Waals surface area contributed by atoms with Crippen LogP contribution in [0.4, 0.5) is 4.39 Å². The summed E-state index contributed by atoms with van der Waals surface area (Å²) in [7, 11) is 0. The first-order valence-corrected chi connectivity index (χ1v) is 6.02. The van der Waals surface area contributed by atoms with Crippen LogP contribution in [-0.4, -0.2) is 28.5 Å². The van der Waals surface area contributed by atoms with Gasteiger partial charge < -0.3 is 11.1 Å². The molecule has 0 saturated carbocycles. The molecule has 0 aliphatic heterocycles. The second kappa shape index (κ2) is 5.71. The lowest BCUT2D eigenvalue weighted by Gasteiger charge is -2.08. The molecule has 1 heterocycles. The highest BCUT2D eigenvalue weighted by Crippen LogP contribution is 2.16. The van der Waals surface area contributed by atoms with E-state index in [0.29, 0.717) is 24.0 Å². The van der Waals surface area contributed by atoms with Crippen LogP contribution in [-0.2, 0) is 0 Å². The largest absolute Gasteiger partial charge is 0.352 e. The molecule has 2 rings (SSSR count). The molecule has 0 saturated heterocycles. The highest BCUT2D eigenvalue weighted by molar-refractivity contribution is 6.04. The number of nitrogens with one attached hydrogen (secondary N) is 1. The zero-order chi connectivity index (χ0) is 13.8. The molecule has 6 heteroatoms. The summed E-state index contributed by atoms with van der Waals surface area (Å²) in [6.07, 6.45) is 3.59. The van der Waals surface area contributed by atoms with Crippen molar-refractivity contribution >= 4 is 16.9 Å². The van der Waals surface area contributed by atoms with E-state index in [1.54, 1.807) is 0 Å². The second-order valence-corrected chi connectivity index (χ2v) is 4.40. The number of nitrogens with two attached hydrogens (primary N) is 1. The van der Waals surface area contributed by atoms with Gasteiger partial charge in [-0.2, -0.15) is 0 Å². The molecule has 100 valence electrons. The summed E-state index contributed by atoms with van der Waals surface area (Å²) >= 11 is 0. The Morgan fingerprint density at radius 2 is 2.16 bits per heavy atom. The van der Waals surface area contributed by atoms with Gasteiger partial charge in [-0.1, -0.05) is 0 Å². The molecule has 19 heavy (non-hydrogen) atoms. The van der Waals surface area contributed by atoms with E-state index in [2.05, 4.69) is 15.3 Å².